The number of methoxy groups -OCH3 is 1. The fraction of sp³-hybridized carbons (Fsp3) is 0.0714. The SMILES string of the molecule is COc1ccc(F)c(-c2ccc(C#N)cc2Cl)c1. The smallest absolute Gasteiger partial charge is 0.131 e. The fourth-order valence-electron chi connectivity index (χ4n) is 1.64. The lowest BCUT2D eigenvalue weighted by molar-refractivity contribution is 0.414. The van der Waals surface area contributed by atoms with Crippen LogP contribution >= 0.6 is 11.6 Å². The summed E-state index contributed by atoms with van der Waals surface area (Å²) in [5.41, 5.74) is 1.32. The Labute approximate surface area is 109 Å². The Bertz CT molecular complexity index is 634. The Morgan fingerprint density at radius 2 is 1.94 bits per heavy atom. The largest absolute Gasteiger partial charge is 0.497 e. The van der Waals surface area contributed by atoms with Crippen molar-refractivity contribution in [2.45, 2.75) is 0 Å². The molecule has 0 aliphatic heterocycles. The van der Waals surface area contributed by atoms with Crippen molar-refractivity contribution in [3.8, 4) is 22.9 Å². The van der Waals surface area contributed by atoms with Gasteiger partial charge in [0.1, 0.15) is 11.6 Å². The average molecular weight is 262 g/mol. The van der Waals surface area contributed by atoms with Gasteiger partial charge in [-0.1, -0.05) is 17.7 Å². The molecule has 0 radical (unpaired) electrons. The van der Waals surface area contributed by atoms with Crippen LogP contribution in [0.5, 0.6) is 5.75 Å². The Morgan fingerprint density at radius 3 is 2.56 bits per heavy atom. The summed E-state index contributed by atoms with van der Waals surface area (Å²) in [4.78, 5) is 0. The highest BCUT2D eigenvalue weighted by molar-refractivity contribution is 6.33. The monoisotopic (exact) mass is 261 g/mol. The zero-order chi connectivity index (χ0) is 13.1. The van der Waals surface area contributed by atoms with Crippen LogP contribution in [0.15, 0.2) is 36.4 Å². The molecular weight excluding hydrogens is 253 g/mol. The number of benzene rings is 2. The number of halogens is 2. The maximum Gasteiger partial charge on any atom is 0.131 e. The lowest BCUT2D eigenvalue weighted by Gasteiger charge is -2.08. The molecule has 2 aromatic rings. The van der Waals surface area contributed by atoms with E-state index in [1.807, 2.05) is 6.07 Å². The van der Waals surface area contributed by atoms with E-state index >= 15 is 0 Å². The van der Waals surface area contributed by atoms with Gasteiger partial charge < -0.3 is 4.74 Å². The van der Waals surface area contributed by atoms with E-state index in [0.29, 0.717) is 27.5 Å². The Hall–Kier alpha value is -2.05. The molecule has 0 fully saturated rings. The molecule has 0 aliphatic rings. The number of nitriles is 1. The quantitative estimate of drug-likeness (QED) is 0.818. The number of rotatable bonds is 2. The van der Waals surface area contributed by atoms with Crippen molar-refractivity contribution in [1.82, 2.24) is 0 Å². The fourth-order valence-corrected chi connectivity index (χ4v) is 1.92. The first kappa shape index (κ1) is 12.4. The van der Waals surface area contributed by atoms with Crippen LogP contribution in [-0.2, 0) is 0 Å². The van der Waals surface area contributed by atoms with Crippen LogP contribution in [0.1, 0.15) is 5.56 Å². The van der Waals surface area contributed by atoms with Crippen LogP contribution in [0.3, 0.4) is 0 Å². The molecule has 0 aliphatic carbocycles. The second-order valence-corrected chi connectivity index (χ2v) is 4.06. The molecule has 0 atom stereocenters. The summed E-state index contributed by atoms with van der Waals surface area (Å²) in [5.74, 6) is 0.161. The maximum absolute atomic E-state index is 13.8. The number of hydrogen-bond donors (Lipinski definition) is 0. The van der Waals surface area contributed by atoms with Gasteiger partial charge >= 0.3 is 0 Å². The summed E-state index contributed by atoms with van der Waals surface area (Å²) >= 11 is 6.05. The third-order valence-corrected chi connectivity index (χ3v) is 2.87. The first-order chi connectivity index (χ1) is 8.65. The van der Waals surface area contributed by atoms with Gasteiger partial charge in [-0.3, -0.25) is 0 Å². The van der Waals surface area contributed by atoms with E-state index in [1.54, 1.807) is 18.2 Å². The normalized spacial score (nSPS) is 9.89. The highest BCUT2D eigenvalue weighted by atomic mass is 35.5. The predicted molar refractivity (Wildman–Crippen MR) is 68.1 cm³/mol. The summed E-state index contributed by atoms with van der Waals surface area (Å²) in [5, 5.41) is 9.09. The van der Waals surface area contributed by atoms with Gasteiger partial charge in [-0.05, 0) is 30.3 Å². The van der Waals surface area contributed by atoms with Crippen molar-refractivity contribution in [3.63, 3.8) is 0 Å². The van der Waals surface area contributed by atoms with Crippen LogP contribution in [0.4, 0.5) is 4.39 Å². The molecule has 0 aromatic heterocycles. The van der Waals surface area contributed by atoms with Crippen LogP contribution in [0.2, 0.25) is 5.02 Å². The minimum absolute atomic E-state index is 0.334. The molecule has 2 rings (SSSR count). The molecule has 90 valence electrons. The Balaban J connectivity index is 2.58. The topological polar surface area (TPSA) is 33.0 Å². The minimum Gasteiger partial charge on any atom is -0.497 e. The third-order valence-electron chi connectivity index (χ3n) is 2.56. The molecule has 0 bridgehead atoms. The van der Waals surface area contributed by atoms with E-state index in [-0.39, 0.29) is 5.82 Å². The Kier molecular flexibility index (Phi) is 3.50. The summed E-state index contributed by atoms with van der Waals surface area (Å²) in [6.45, 7) is 0. The number of ether oxygens (including phenoxy) is 1. The second-order valence-electron chi connectivity index (χ2n) is 3.65. The lowest BCUT2D eigenvalue weighted by Crippen LogP contribution is -1.89. The van der Waals surface area contributed by atoms with Crippen LogP contribution in [-0.4, -0.2) is 7.11 Å². The zero-order valence-corrected chi connectivity index (χ0v) is 10.3. The van der Waals surface area contributed by atoms with Gasteiger partial charge in [-0.2, -0.15) is 5.26 Å². The first-order valence-corrected chi connectivity index (χ1v) is 5.57. The lowest BCUT2D eigenvalue weighted by atomic mass is 10.0. The van der Waals surface area contributed by atoms with E-state index in [2.05, 4.69) is 0 Å². The standard InChI is InChI=1S/C14H9ClFNO/c1-18-10-3-5-14(16)12(7-10)11-4-2-9(8-17)6-13(11)15/h2-7H,1H3. The summed E-state index contributed by atoms with van der Waals surface area (Å²) in [6.07, 6.45) is 0. The van der Waals surface area contributed by atoms with Gasteiger partial charge in [-0.25, -0.2) is 4.39 Å². The van der Waals surface area contributed by atoms with Crippen molar-refractivity contribution in [2.75, 3.05) is 7.11 Å². The molecule has 0 unspecified atom stereocenters. The third kappa shape index (κ3) is 2.29. The van der Waals surface area contributed by atoms with Crippen molar-refractivity contribution < 1.29 is 9.13 Å². The van der Waals surface area contributed by atoms with E-state index in [1.165, 1.54) is 25.3 Å². The van der Waals surface area contributed by atoms with Gasteiger partial charge in [0.15, 0.2) is 0 Å². The highest BCUT2D eigenvalue weighted by Gasteiger charge is 2.10. The molecule has 0 saturated heterocycles. The van der Waals surface area contributed by atoms with Crippen LogP contribution < -0.4 is 4.74 Å². The second kappa shape index (κ2) is 5.07. The summed E-state index contributed by atoms with van der Waals surface area (Å²) in [7, 11) is 1.51. The molecule has 0 N–H and O–H groups in total. The molecular formula is C14H9ClFNO. The van der Waals surface area contributed by atoms with Crippen molar-refractivity contribution >= 4 is 11.6 Å². The van der Waals surface area contributed by atoms with Crippen molar-refractivity contribution in [3.05, 3.63) is 52.8 Å². The molecule has 0 amide bonds. The first-order valence-electron chi connectivity index (χ1n) is 5.19. The van der Waals surface area contributed by atoms with Crippen LogP contribution in [0, 0.1) is 17.1 Å². The van der Waals surface area contributed by atoms with Crippen molar-refractivity contribution in [2.24, 2.45) is 0 Å². The van der Waals surface area contributed by atoms with Crippen LogP contribution in [0.25, 0.3) is 11.1 Å². The highest BCUT2D eigenvalue weighted by Crippen LogP contribution is 2.32. The average Bonchev–Trinajstić information content (AvgIpc) is 2.39. The van der Waals surface area contributed by atoms with E-state index in [0.717, 1.165) is 0 Å². The van der Waals surface area contributed by atoms with E-state index < -0.39 is 0 Å². The molecule has 0 heterocycles. The minimum atomic E-state index is -0.387. The molecule has 0 saturated carbocycles. The van der Waals surface area contributed by atoms with Gasteiger partial charge in [-0.15, -0.1) is 0 Å². The molecule has 2 aromatic carbocycles. The van der Waals surface area contributed by atoms with Crippen molar-refractivity contribution in [1.29, 1.82) is 5.26 Å². The van der Waals surface area contributed by atoms with Gasteiger partial charge in [0, 0.05) is 16.1 Å². The van der Waals surface area contributed by atoms with Gasteiger partial charge in [0.05, 0.1) is 18.7 Å². The maximum atomic E-state index is 13.8. The van der Waals surface area contributed by atoms with E-state index in [9.17, 15) is 4.39 Å². The molecule has 0 spiro atoms. The Morgan fingerprint density at radius 1 is 1.17 bits per heavy atom. The molecule has 18 heavy (non-hydrogen) atoms. The summed E-state index contributed by atoms with van der Waals surface area (Å²) < 4.78 is 18.8. The number of nitrogens with zero attached hydrogens (tertiary/aromatic N) is 1. The number of hydrogen-bond acceptors (Lipinski definition) is 2. The van der Waals surface area contributed by atoms with E-state index in [4.69, 9.17) is 21.6 Å². The zero-order valence-electron chi connectivity index (χ0n) is 9.58. The molecule has 2 nitrogen and oxygen atoms in total. The molecule has 4 heteroatoms. The van der Waals surface area contributed by atoms with Gasteiger partial charge in [0.25, 0.3) is 0 Å². The van der Waals surface area contributed by atoms with Gasteiger partial charge in [0.2, 0.25) is 0 Å². The summed E-state index contributed by atoms with van der Waals surface area (Å²) in [6, 6.07) is 11.1. The predicted octanol–water partition coefficient (Wildman–Crippen LogP) is 4.03.